The molecule has 2 amide bonds. The lowest BCUT2D eigenvalue weighted by Gasteiger charge is -2.29. The molecule has 0 fully saturated rings. The molecule has 0 unspecified atom stereocenters. The number of phenolic OH excluding ortho intramolecular Hbond substituents is 1. The Hall–Kier alpha value is -3.66. The van der Waals surface area contributed by atoms with Crippen molar-refractivity contribution in [3.63, 3.8) is 0 Å². The van der Waals surface area contributed by atoms with E-state index in [1.54, 1.807) is 66.7 Å². The summed E-state index contributed by atoms with van der Waals surface area (Å²) in [4.78, 5) is 27.6. The molecule has 1 aliphatic heterocycles. The van der Waals surface area contributed by atoms with E-state index in [9.17, 15) is 14.7 Å². The van der Waals surface area contributed by atoms with Gasteiger partial charge < -0.3 is 5.11 Å². The van der Waals surface area contributed by atoms with E-state index in [0.717, 1.165) is 5.56 Å². The second kappa shape index (κ2) is 6.57. The lowest BCUT2D eigenvalue weighted by Crippen LogP contribution is -2.42. The van der Waals surface area contributed by atoms with Gasteiger partial charge in [0.15, 0.2) is 0 Å². The first kappa shape index (κ1) is 16.8. The molecule has 0 radical (unpaired) electrons. The number of hydrogen-bond donors (Lipinski definition) is 1. The normalized spacial score (nSPS) is 15.1. The largest absolute Gasteiger partial charge is 0.507 e. The van der Waals surface area contributed by atoms with Gasteiger partial charge in [-0.25, -0.2) is 4.90 Å². The van der Waals surface area contributed by atoms with Crippen LogP contribution in [-0.2, 0) is 4.79 Å². The van der Waals surface area contributed by atoms with Gasteiger partial charge in [0.05, 0.1) is 5.69 Å². The summed E-state index contributed by atoms with van der Waals surface area (Å²) in [6.45, 7) is 1.86. The van der Waals surface area contributed by atoms with Gasteiger partial charge in [0.2, 0.25) is 0 Å². The van der Waals surface area contributed by atoms with Crippen molar-refractivity contribution in [1.29, 1.82) is 0 Å². The van der Waals surface area contributed by atoms with Gasteiger partial charge in [0.1, 0.15) is 5.75 Å². The second-order valence-corrected chi connectivity index (χ2v) is 6.39. The fraction of sp³-hybridized carbons (Fsp3) is 0.0435. The van der Waals surface area contributed by atoms with Crippen molar-refractivity contribution >= 4 is 29.2 Å². The Bertz CT molecular complexity index is 1100. The number of aromatic hydroxyl groups is 1. The standard InChI is InChI=1S/C23H17NO3/c1-15-8-2-6-12-20(15)24-22(26)18-11-5-4-10-17(18)19(23(24)27)14-16-9-3-7-13-21(16)25/h2-14,25H,1H3/b19-14-. The van der Waals surface area contributed by atoms with Gasteiger partial charge >= 0.3 is 0 Å². The Morgan fingerprint density at radius 2 is 1.41 bits per heavy atom. The van der Waals surface area contributed by atoms with Crippen LogP contribution in [0.3, 0.4) is 0 Å². The zero-order valence-corrected chi connectivity index (χ0v) is 14.7. The summed E-state index contributed by atoms with van der Waals surface area (Å²) in [5, 5.41) is 10.1. The number of benzene rings is 3. The number of imide groups is 1. The molecule has 27 heavy (non-hydrogen) atoms. The summed E-state index contributed by atoms with van der Waals surface area (Å²) in [7, 11) is 0. The fourth-order valence-electron chi connectivity index (χ4n) is 3.29. The molecular weight excluding hydrogens is 338 g/mol. The third-order valence-electron chi connectivity index (χ3n) is 4.68. The van der Waals surface area contributed by atoms with Crippen LogP contribution in [0.25, 0.3) is 11.6 Å². The van der Waals surface area contributed by atoms with Crippen molar-refractivity contribution in [2.45, 2.75) is 6.92 Å². The highest BCUT2D eigenvalue weighted by Crippen LogP contribution is 2.35. The maximum atomic E-state index is 13.3. The first-order valence-electron chi connectivity index (χ1n) is 8.61. The van der Waals surface area contributed by atoms with Crippen molar-refractivity contribution in [3.8, 4) is 5.75 Å². The molecule has 0 bridgehead atoms. The van der Waals surface area contributed by atoms with Gasteiger partial charge in [0.25, 0.3) is 11.8 Å². The van der Waals surface area contributed by atoms with E-state index in [0.29, 0.717) is 28.0 Å². The van der Waals surface area contributed by atoms with E-state index in [-0.39, 0.29) is 11.7 Å². The van der Waals surface area contributed by atoms with Crippen LogP contribution < -0.4 is 4.90 Å². The first-order chi connectivity index (χ1) is 13.1. The van der Waals surface area contributed by atoms with Crippen LogP contribution >= 0.6 is 0 Å². The molecule has 3 aromatic carbocycles. The minimum Gasteiger partial charge on any atom is -0.507 e. The Morgan fingerprint density at radius 1 is 0.778 bits per heavy atom. The smallest absolute Gasteiger partial charge is 0.265 e. The molecule has 0 spiro atoms. The number of para-hydroxylation sites is 2. The molecule has 4 heteroatoms. The van der Waals surface area contributed by atoms with E-state index in [2.05, 4.69) is 0 Å². The summed E-state index contributed by atoms with van der Waals surface area (Å²) < 4.78 is 0. The van der Waals surface area contributed by atoms with Crippen LogP contribution in [0.2, 0.25) is 0 Å². The Morgan fingerprint density at radius 3 is 2.15 bits per heavy atom. The molecule has 0 aromatic heterocycles. The molecule has 1 heterocycles. The van der Waals surface area contributed by atoms with Crippen molar-refractivity contribution in [2.75, 3.05) is 4.90 Å². The summed E-state index contributed by atoms with van der Waals surface area (Å²) >= 11 is 0. The molecule has 132 valence electrons. The highest BCUT2D eigenvalue weighted by atomic mass is 16.3. The average Bonchev–Trinajstić information content (AvgIpc) is 2.68. The molecule has 0 aliphatic carbocycles. The van der Waals surface area contributed by atoms with E-state index in [1.165, 1.54) is 4.90 Å². The van der Waals surface area contributed by atoms with Crippen molar-refractivity contribution in [1.82, 2.24) is 0 Å². The lowest BCUT2D eigenvalue weighted by molar-refractivity contribution is -0.112. The molecule has 4 rings (SSSR count). The summed E-state index contributed by atoms with van der Waals surface area (Å²) in [5.41, 5.74) is 3.32. The number of amides is 2. The third kappa shape index (κ3) is 2.81. The van der Waals surface area contributed by atoms with Crippen molar-refractivity contribution in [3.05, 3.63) is 95.1 Å². The summed E-state index contributed by atoms with van der Waals surface area (Å²) in [5.74, 6) is -0.676. The molecule has 3 aromatic rings. The quantitative estimate of drug-likeness (QED) is 0.546. The van der Waals surface area contributed by atoms with Gasteiger partial charge in [-0.15, -0.1) is 0 Å². The predicted octanol–water partition coefficient (Wildman–Crippen LogP) is 4.43. The number of anilines is 1. The van der Waals surface area contributed by atoms with Crippen LogP contribution in [0.15, 0.2) is 72.8 Å². The second-order valence-electron chi connectivity index (χ2n) is 6.39. The third-order valence-corrected chi connectivity index (χ3v) is 4.68. The van der Waals surface area contributed by atoms with Gasteiger partial charge in [0, 0.05) is 16.7 Å². The number of nitrogens with zero attached hydrogens (tertiary/aromatic N) is 1. The minimum absolute atomic E-state index is 0.0784. The van der Waals surface area contributed by atoms with Gasteiger partial charge in [-0.1, -0.05) is 54.6 Å². The molecule has 0 atom stereocenters. The topological polar surface area (TPSA) is 57.6 Å². The van der Waals surface area contributed by atoms with Gasteiger partial charge in [-0.3, -0.25) is 9.59 Å². The number of carbonyl (C=O) groups excluding carboxylic acids is 2. The molecule has 1 N–H and O–H groups in total. The van der Waals surface area contributed by atoms with E-state index < -0.39 is 5.91 Å². The first-order valence-corrected chi connectivity index (χ1v) is 8.61. The minimum atomic E-state index is -0.406. The van der Waals surface area contributed by atoms with Gasteiger partial charge in [-0.2, -0.15) is 0 Å². The van der Waals surface area contributed by atoms with Crippen LogP contribution in [0.4, 0.5) is 5.69 Å². The number of aryl methyl sites for hydroxylation is 1. The fourth-order valence-corrected chi connectivity index (χ4v) is 3.29. The van der Waals surface area contributed by atoms with Crippen LogP contribution in [0.1, 0.15) is 27.0 Å². The number of fused-ring (bicyclic) bond motifs is 1. The van der Waals surface area contributed by atoms with Crippen LogP contribution in [-0.4, -0.2) is 16.9 Å². The zero-order valence-electron chi connectivity index (χ0n) is 14.7. The number of carbonyl (C=O) groups is 2. The van der Waals surface area contributed by atoms with Gasteiger partial charge in [-0.05, 0) is 42.3 Å². The SMILES string of the molecule is Cc1ccccc1N1C(=O)/C(=C\c2ccccc2O)c2ccccc2C1=O. The Balaban J connectivity index is 1.95. The Kier molecular flexibility index (Phi) is 4.09. The lowest BCUT2D eigenvalue weighted by atomic mass is 9.91. The van der Waals surface area contributed by atoms with Crippen LogP contribution in [0.5, 0.6) is 5.75 Å². The average molecular weight is 355 g/mol. The molecule has 0 saturated carbocycles. The summed E-state index contributed by atoms with van der Waals surface area (Å²) in [6, 6.07) is 21.1. The monoisotopic (exact) mass is 355 g/mol. The Labute approximate surface area is 157 Å². The number of rotatable bonds is 2. The molecule has 4 nitrogen and oxygen atoms in total. The maximum absolute atomic E-state index is 13.3. The molecule has 1 aliphatic rings. The van der Waals surface area contributed by atoms with E-state index in [1.807, 2.05) is 19.1 Å². The van der Waals surface area contributed by atoms with Crippen LogP contribution in [0, 0.1) is 6.92 Å². The van der Waals surface area contributed by atoms with Crippen molar-refractivity contribution in [2.24, 2.45) is 0 Å². The maximum Gasteiger partial charge on any atom is 0.265 e. The van der Waals surface area contributed by atoms with E-state index in [4.69, 9.17) is 0 Å². The zero-order chi connectivity index (χ0) is 19.0. The number of phenols is 1. The summed E-state index contributed by atoms with van der Waals surface area (Å²) in [6.07, 6.45) is 1.63. The number of hydrogen-bond acceptors (Lipinski definition) is 3. The molecule has 0 saturated heterocycles. The van der Waals surface area contributed by atoms with E-state index >= 15 is 0 Å². The highest BCUT2D eigenvalue weighted by Gasteiger charge is 2.36. The predicted molar refractivity (Wildman–Crippen MR) is 105 cm³/mol. The van der Waals surface area contributed by atoms with Crippen molar-refractivity contribution < 1.29 is 14.7 Å². The highest BCUT2D eigenvalue weighted by molar-refractivity contribution is 6.43. The molecular formula is C23H17NO3.